The highest BCUT2D eigenvalue weighted by molar-refractivity contribution is 5.90. The molecule has 6 heteroatoms. The average Bonchev–Trinajstić information content (AvgIpc) is 2.65. The molecule has 3 N–H and O–H groups in total. The number of rotatable bonds is 8. The number of carbonyl (C=O) groups excluding carboxylic acids is 2. The molecule has 0 aromatic heterocycles. The molecule has 26 heavy (non-hydrogen) atoms. The fourth-order valence-electron chi connectivity index (χ4n) is 2.51. The zero-order valence-electron chi connectivity index (χ0n) is 14.6. The van der Waals surface area contributed by atoms with Gasteiger partial charge in [-0.1, -0.05) is 48.5 Å². The molecule has 2 rings (SSSR count). The van der Waals surface area contributed by atoms with Crippen LogP contribution in [0.1, 0.15) is 34.8 Å². The third kappa shape index (κ3) is 5.73. The molecule has 0 fully saturated rings. The zero-order chi connectivity index (χ0) is 18.9. The Morgan fingerprint density at radius 3 is 2.35 bits per heavy atom. The minimum Gasteiger partial charge on any atom is -0.478 e. The molecule has 1 unspecified atom stereocenters. The molecule has 0 aliphatic carbocycles. The fraction of sp³-hybridized carbons (Fsp3) is 0.250. The van der Waals surface area contributed by atoms with E-state index in [9.17, 15) is 14.4 Å². The van der Waals surface area contributed by atoms with Gasteiger partial charge in [-0.05, 0) is 30.5 Å². The van der Waals surface area contributed by atoms with E-state index in [1.54, 1.807) is 25.1 Å². The van der Waals surface area contributed by atoms with Gasteiger partial charge in [0.25, 0.3) is 0 Å². The van der Waals surface area contributed by atoms with Crippen molar-refractivity contribution < 1.29 is 19.5 Å². The van der Waals surface area contributed by atoms with Crippen LogP contribution in [0.4, 0.5) is 0 Å². The molecule has 0 saturated heterocycles. The Hall–Kier alpha value is -3.15. The SMILES string of the molecule is CC(NC(=O)CCc1ccccc1C(=O)O)C(=O)NCc1ccccc1. The van der Waals surface area contributed by atoms with E-state index >= 15 is 0 Å². The van der Waals surface area contributed by atoms with Crippen molar-refractivity contribution in [3.8, 4) is 0 Å². The first kappa shape index (κ1) is 19.2. The summed E-state index contributed by atoms with van der Waals surface area (Å²) in [5.74, 6) is -1.59. The molecule has 136 valence electrons. The number of hydrogen-bond donors (Lipinski definition) is 3. The van der Waals surface area contributed by atoms with Gasteiger partial charge in [0, 0.05) is 13.0 Å². The highest BCUT2D eigenvalue weighted by Gasteiger charge is 2.16. The maximum Gasteiger partial charge on any atom is 0.335 e. The second kappa shape index (κ2) is 9.36. The van der Waals surface area contributed by atoms with Crippen LogP contribution in [0, 0.1) is 0 Å². The molecule has 2 aromatic carbocycles. The lowest BCUT2D eigenvalue weighted by atomic mass is 10.0. The standard InChI is InChI=1S/C20H22N2O4/c1-14(19(24)21-13-15-7-3-2-4-8-15)22-18(23)12-11-16-9-5-6-10-17(16)20(25)26/h2-10,14H,11-13H2,1H3,(H,21,24)(H,22,23)(H,25,26). The predicted molar refractivity (Wildman–Crippen MR) is 97.6 cm³/mol. The summed E-state index contributed by atoms with van der Waals surface area (Å²) in [5, 5.41) is 14.6. The van der Waals surface area contributed by atoms with Gasteiger partial charge in [-0.15, -0.1) is 0 Å². The number of carbonyl (C=O) groups is 3. The molecule has 2 aromatic rings. The third-order valence-corrected chi connectivity index (χ3v) is 3.95. The van der Waals surface area contributed by atoms with E-state index in [0.717, 1.165) is 5.56 Å². The van der Waals surface area contributed by atoms with Gasteiger partial charge in [0.05, 0.1) is 5.56 Å². The maximum atomic E-state index is 12.1. The summed E-state index contributed by atoms with van der Waals surface area (Å²) in [6, 6.07) is 15.4. The van der Waals surface area contributed by atoms with Crippen LogP contribution in [-0.4, -0.2) is 28.9 Å². The lowest BCUT2D eigenvalue weighted by molar-refractivity contribution is -0.128. The first-order valence-corrected chi connectivity index (χ1v) is 8.39. The van der Waals surface area contributed by atoms with Gasteiger partial charge in [0.1, 0.15) is 6.04 Å². The summed E-state index contributed by atoms with van der Waals surface area (Å²) in [5.41, 5.74) is 1.76. The second-order valence-electron chi connectivity index (χ2n) is 5.95. The summed E-state index contributed by atoms with van der Waals surface area (Å²) in [6.45, 7) is 2.01. The Morgan fingerprint density at radius 2 is 1.65 bits per heavy atom. The molecule has 0 heterocycles. The van der Waals surface area contributed by atoms with Gasteiger partial charge in [-0.3, -0.25) is 9.59 Å². The summed E-state index contributed by atoms with van der Waals surface area (Å²) < 4.78 is 0. The Bertz CT molecular complexity index is 774. The molecule has 0 radical (unpaired) electrons. The number of aromatic carboxylic acids is 1. The summed E-state index contributed by atoms with van der Waals surface area (Å²) in [4.78, 5) is 35.3. The number of amides is 2. The van der Waals surface area contributed by atoms with Crippen molar-refractivity contribution in [2.45, 2.75) is 32.4 Å². The van der Waals surface area contributed by atoms with E-state index in [1.807, 2.05) is 30.3 Å². The number of carboxylic acid groups (broad SMARTS) is 1. The van der Waals surface area contributed by atoms with Crippen LogP contribution < -0.4 is 10.6 Å². The third-order valence-electron chi connectivity index (χ3n) is 3.95. The Balaban J connectivity index is 1.80. The highest BCUT2D eigenvalue weighted by atomic mass is 16.4. The van der Waals surface area contributed by atoms with Gasteiger partial charge < -0.3 is 15.7 Å². The van der Waals surface area contributed by atoms with E-state index < -0.39 is 12.0 Å². The molecule has 0 bridgehead atoms. The van der Waals surface area contributed by atoms with Crippen LogP contribution in [-0.2, 0) is 22.6 Å². The number of aryl methyl sites for hydroxylation is 1. The monoisotopic (exact) mass is 354 g/mol. The van der Waals surface area contributed by atoms with Crippen molar-refractivity contribution in [3.63, 3.8) is 0 Å². The van der Waals surface area contributed by atoms with Gasteiger partial charge in [-0.2, -0.15) is 0 Å². The molecule has 0 saturated carbocycles. The molecule has 2 amide bonds. The minimum atomic E-state index is -1.02. The molecular weight excluding hydrogens is 332 g/mol. The minimum absolute atomic E-state index is 0.112. The quantitative estimate of drug-likeness (QED) is 0.677. The van der Waals surface area contributed by atoms with Crippen LogP contribution in [0.15, 0.2) is 54.6 Å². The number of carboxylic acids is 1. The zero-order valence-corrected chi connectivity index (χ0v) is 14.6. The van der Waals surface area contributed by atoms with E-state index in [1.165, 1.54) is 6.07 Å². The predicted octanol–water partition coefficient (Wildman–Crippen LogP) is 2.14. The molecule has 0 aliphatic heterocycles. The first-order valence-electron chi connectivity index (χ1n) is 8.39. The maximum absolute atomic E-state index is 12.1. The topological polar surface area (TPSA) is 95.5 Å². The molecule has 6 nitrogen and oxygen atoms in total. The van der Waals surface area contributed by atoms with Gasteiger partial charge in [0.2, 0.25) is 11.8 Å². The van der Waals surface area contributed by atoms with Crippen LogP contribution in [0.3, 0.4) is 0 Å². The summed E-state index contributed by atoms with van der Waals surface area (Å²) in [7, 11) is 0. The lowest BCUT2D eigenvalue weighted by Crippen LogP contribution is -2.44. The van der Waals surface area contributed by atoms with Crippen LogP contribution in [0.2, 0.25) is 0 Å². The van der Waals surface area contributed by atoms with Gasteiger partial charge >= 0.3 is 5.97 Å². The smallest absolute Gasteiger partial charge is 0.335 e. The average molecular weight is 354 g/mol. The van der Waals surface area contributed by atoms with Crippen LogP contribution >= 0.6 is 0 Å². The van der Waals surface area contributed by atoms with Crippen molar-refractivity contribution in [3.05, 3.63) is 71.3 Å². The molecule has 0 spiro atoms. The van der Waals surface area contributed by atoms with E-state index in [-0.39, 0.29) is 23.8 Å². The first-order chi connectivity index (χ1) is 12.5. The largest absolute Gasteiger partial charge is 0.478 e. The van der Waals surface area contributed by atoms with E-state index in [2.05, 4.69) is 10.6 Å². The van der Waals surface area contributed by atoms with Crippen molar-refractivity contribution in [1.82, 2.24) is 10.6 Å². The van der Waals surface area contributed by atoms with Crippen molar-refractivity contribution >= 4 is 17.8 Å². The van der Waals surface area contributed by atoms with Gasteiger partial charge in [0.15, 0.2) is 0 Å². The fourth-order valence-corrected chi connectivity index (χ4v) is 2.51. The van der Waals surface area contributed by atoms with Crippen LogP contribution in [0.5, 0.6) is 0 Å². The van der Waals surface area contributed by atoms with Crippen LogP contribution in [0.25, 0.3) is 0 Å². The highest BCUT2D eigenvalue weighted by Crippen LogP contribution is 2.11. The Morgan fingerprint density at radius 1 is 1.00 bits per heavy atom. The van der Waals surface area contributed by atoms with Gasteiger partial charge in [-0.25, -0.2) is 4.79 Å². The Kier molecular flexibility index (Phi) is 6.91. The molecular formula is C20H22N2O4. The molecule has 0 aliphatic rings. The van der Waals surface area contributed by atoms with Crippen molar-refractivity contribution in [2.75, 3.05) is 0 Å². The number of nitrogens with one attached hydrogen (secondary N) is 2. The number of benzene rings is 2. The van der Waals surface area contributed by atoms with E-state index in [4.69, 9.17) is 5.11 Å². The van der Waals surface area contributed by atoms with Crippen molar-refractivity contribution in [1.29, 1.82) is 0 Å². The summed E-state index contributed by atoms with van der Waals surface area (Å²) in [6.07, 6.45) is 0.410. The van der Waals surface area contributed by atoms with Crippen molar-refractivity contribution in [2.24, 2.45) is 0 Å². The number of hydrogen-bond acceptors (Lipinski definition) is 3. The second-order valence-corrected chi connectivity index (χ2v) is 5.95. The summed E-state index contributed by atoms with van der Waals surface area (Å²) >= 11 is 0. The lowest BCUT2D eigenvalue weighted by Gasteiger charge is -2.14. The molecule has 1 atom stereocenters. The van der Waals surface area contributed by atoms with E-state index in [0.29, 0.717) is 18.5 Å². The normalized spacial score (nSPS) is 11.4. The Labute approximate surface area is 152 Å².